The van der Waals surface area contributed by atoms with E-state index in [2.05, 4.69) is 5.32 Å². The Labute approximate surface area is 187 Å². The summed E-state index contributed by atoms with van der Waals surface area (Å²) in [5.41, 5.74) is 0.609. The van der Waals surface area contributed by atoms with Crippen LogP contribution in [0.2, 0.25) is 0 Å². The summed E-state index contributed by atoms with van der Waals surface area (Å²) in [5.74, 6) is 1.57. The van der Waals surface area contributed by atoms with Crippen molar-refractivity contribution in [1.82, 2.24) is 10.2 Å². The zero-order valence-electron chi connectivity index (χ0n) is 19.2. The average Bonchev–Trinajstić information content (AvgIpc) is 2.70. The molecule has 2 rings (SSSR count). The Kier molecular flexibility index (Phi) is 9.40. The molecular weight excluding hydrogens is 396 g/mol. The predicted molar refractivity (Wildman–Crippen MR) is 126 cm³/mol. The largest absolute Gasteiger partial charge is 0.497 e. The summed E-state index contributed by atoms with van der Waals surface area (Å²) in [6, 6.07) is 7.77. The monoisotopic (exact) mass is 434 g/mol. The fourth-order valence-electron chi connectivity index (χ4n) is 3.93. The topological polar surface area (TPSA) is 50.8 Å². The second kappa shape index (κ2) is 11.5. The van der Waals surface area contributed by atoms with E-state index >= 15 is 0 Å². The van der Waals surface area contributed by atoms with E-state index in [-0.39, 0.29) is 6.04 Å². The van der Waals surface area contributed by atoms with Gasteiger partial charge in [0, 0.05) is 13.6 Å². The zero-order valence-corrected chi connectivity index (χ0v) is 20.0. The number of nitrogens with zero attached hydrogens (tertiary/aromatic N) is 1. The number of rotatable bonds is 8. The number of likely N-dealkylation sites (N-methyl/N-ethyl adjacent to an activating group) is 1. The summed E-state index contributed by atoms with van der Waals surface area (Å²) in [5, 5.41) is 3.03. The molecule has 0 unspecified atom stereocenters. The summed E-state index contributed by atoms with van der Waals surface area (Å²) in [7, 11) is 3.65. The number of ether oxygens (including phenoxy) is 2. The highest BCUT2D eigenvalue weighted by molar-refractivity contribution is 7.80. The van der Waals surface area contributed by atoms with Gasteiger partial charge in [-0.2, -0.15) is 0 Å². The first-order valence-electron chi connectivity index (χ1n) is 11.1. The van der Waals surface area contributed by atoms with Crippen LogP contribution in [0.15, 0.2) is 24.3 Å². The number of hydrogen-bond acceptors (Lipinski definition) is 4. The molecule has 1 aliphatic rings. The number of hydrogen-bond donors (Lipinski definition) is 1. The molecule has 1 N–H and O–H groups in total. The van der Waals surface area contributed by atoms with Crippen LogP contribution in [-0.4, -0.2) is 41.8 Å². The highest BCUT2D eigenvalue weighted by Crippen LogP contribution is 2.28. The SMILES string of the molecule is COc1ccc(CN(C)C(=S)[C@@H](CCC2CCCCC2)NC(=O)OC(C)(C)C)cc1. The Morgan fingerprint density at radius 2 is 1.83 bits per heavy atom. The van der Waals surface area contributed by atoms with Crippen LogP contribution in [0, 0.1) is 5.92 Å². The van der Waals surface area contributed by atoms with Crippen molar-refractivity contribution < 1.29 is 14.3 Å². The molecule has 1 amide bonds. The van der Waals surface area contributed by atoms with Crippen molar-refractivity contribution in [2.75, 3.05) is 14.2 Å². The summed E-state index contributed by atoms with van der Waals surface area (Å²) >= 11 is 5.80. The Morgan fingerprint density at radius 3 is 2.40 bits per heavy atom. The molecule has 1 fully saturated rings. The van der Waals surface area contributed by atoms with Gasteiger partial charge in [-0.05, 0) is 57.2 Å². The first-order chi connectivity index (χ1) is 14.2. The van der Waals surface area contributed by atoms with E-state index in [0.717, 1.165) is 35.1 Å². The summed E-state index contributed by atoms with van der Waals surface area (Å²) in [4.78, 5) is 15.2. The minimum absolute atomic E-state index is 0.208. The maximum Gasteiger partial charge on any atom is 0.408 e. The van der Waals surface area contributed by atoms with Gasteiger partial charge in [-0.1, -0.05) is 56.5 Å². The Bertz CT molecular complexity index is 679. The predicted octanol–water partition coefficient (Wildman–Crippen LogP) is 5.71. The van der Waals surface area contributed by atoms with Gasteiger partial charge < -0.3 is 19.7 Å². The van der Waals surface area contributed by atoms with E-state index in [9.17, 15) is 4.79 Å². The number of carbonyl (C=O) groups is 1. The molecule has 0 heterocycles. The normalized spacial score (nSPS) is 15.9. The molecule has 1 aromatic rings. The van der Waals surface area contributed by atoms with Crippen LogP contribution >= 0.6 is 12.2 Å². The van der Waals surface area contributed by atoms with Crippen molar-refractivity contribution in [3.05, 3.63) is 29.8 Å². The van der Waals surface area contributed by atoms with Crippen LogP contribution in [-0.2, 0) is 11.3 Å². The van der Waals surface area contributed by atoms with Gasteiger partial charge in [-0.3, -0.25) is 0 Å². The number of thiocarbonyl (C=S) groups is 1. The van der Waals surface area contributed by atoms with Crippen LogP contribution in [0.1, 0.15) is 71.3 Å². The van der Waals surface area contributed by atoms with Gasteiger partial charge in [0.15, 0.2) is 0 Å². The molecule has 1 saturated carbocycles. The van der Waals surface area contributed by atoms with Gasteiger partial charge in [0.25, 0.3) is 0 Å². The first kappa shape index (κ1) is 24.4. The van der Waals surface area contributed by atoms with E-state index in [1.807, 2.05) is 57.0 Å². The summed E-state index contributed by atoms with van der Waals surface area (Å²) in [6.45, 7) is 6.30. The lowest BCUT2D eigenvalue weighted by atomic mass is 9.85. The number of alkyl carbamates (subject to hydrolysis) is 1. The number of carbonyl (C=O) groups excluding carboxylic acids is 1. The van der Waals surface area contributed by atoms with E-state index in [1.165, 1.54) is 32.1 Å². The molecular formula is C24H38N2O3S. The molecule has 5 nitrogen and oxygen atoms in total. The molecule has 0 radical (unpaired) electrons. The smallest absolute Gasteiger partial charge is 0.408 e. The minimum atomic E-state index is -0.533. The van der Waals surface area contributed by atoms with Crippen molar-refractivity contribution in [1.29, 1.82) is 0 Å². The molecule has 6 heteroatoms. The molecule has 0 spiro atoms. The van der Waals surface area contributed by atoms with Crippen LogP contribution in [0.3, 0.4) is 0 Å². The lowest BCUT2D eigenvalue weighted by Crippen LogP contribution is -2.47. The number of amides is 1. The maximum atomic E-state index is 12.5. The van der Waals surface area contributed by atoms with Gasteiger partial charge in [-0.15, -0.1) is 0 Å². The summed E-state index contributed by atoms with van der Waals surface area (Å²) < 4.78 is 10.7. The molecule has 1 aromatic carbocycles. The second-order valence-electron chi connectivity index (χ2n) is 9.32. The fourth-order valence-corrected chi connectivity index (χ4v) is 4.18. The Hall–Kier alpha value is -1.82. The first-order valence-corrected chi connectivity index (χ1v) is 11.5. The second-order valence-corrected chi connectivity index (χ2v) is 9.74. The Morgan fingerprint density at radius 1 is 1.20 bits per heavy atom. The number of benzene rings is 1. The van der Waals surface area contributed by atoms with Gasteiger partial charge in [0.05, 0.1) is 13.2 Å². The van der Waals surface area contributed by atoms with Gasteiger partial charge >= 0.3 is 6.09 Å². The third-order valence-electron chi connectivity index (χ3n) is 5.53. The quantitative estimate of drug-likeness (QED) is 0.531. The maximum absolute atomic E-state index is 12.5. The van der Waals surface area contributed by atoms with Crippen molar-refractivity contribution in [3.8, 4) is 5.75 Å². The molecule has 168 valence electrons. The molecule has 1 atom stereocenters. The molecule has 1 aliphatic carbocycles. The number of methoxy groups -OCH3 is 1. The molecule has 0 aromatic heterocycles. The van der Waals surface area contributed by atoms with Crippen LogP contribution in [0.25, 0.3) is 0 Å². The van der Waals surface area contributed by atoms with Gasteiger partial charge in [0.2, 0.25) is 0 Å². The van der Waals surface area contributed by atoms with E-state index in [4.69, 9.17) is 21.7 Å². The Balaban J connectivity index is 2.01. The lowest BCUT2D eigenvalue weighted by molar-refractivity contribution is 0.0513. The molecule has 0 bridgehead atoms. The van der Waals surface area contributed by atoms with Crippen LogP contribution in [0.4, 0.5) is 4.79 Å². The highest BCUT2D eigenvalue weighted by Gasteiger charge is 2.25. The van der Waals surface area contributed by atoms with Gasteiger partial charge in [-0.25, -0.2) is 4.79 Å². The highest BCUT2D eigenvalue weighted by atomic mass is 32.1. The fraction of sp³-hybridized carbons (Fsp3) is 0.667. The van der Waals surface area contributed by atoms with Crippen molar-refractivity contribution in [2.45, 2.75) is 83.9 Å². The molecule has 0 aliphatic heterocycles. The molecule has 0 saturated heterocycles. The lowest BCUT2D eigenvalue weighted by Gasteiger charge is -2.30. The van der Waals surface area contributed by atoms with E-state index in [1.54, 1.807) is 7.11 Å². The van der Waals surface area contributed by atoms with Gasteiger partial charge in [0.1, 0.15) is 16.3 Å². The third kappa shape index (κ3) is 8.50. The van der Waals surface area contributed by atoms with Crippen molar-refractivity contribution >= 4 is 23.3 Å². The van der Waals surface area contributed by atoms with E-state index < -0.39 is 11.7 Å². The average molecular weight is 435 g/mol. The van der Waals surface area contributed by atoms with Crippen LogP contribution < -0.4 is 10.1 Å². The summed E-state index contributed by atoms with van der Waals surface area (Å²) in [6.07, 6.45) is 8.07. The van der Waals surface area contributed by atoms with E-state index in [0.29, 0.717) is 6.54 Å². The standard InChI is InChI=1S/C24H38N2O3S/c1-24(2,3)29-23(27)25-21(16-13-18-9-7-6-8-10-18)22(30)26(4)17-19-11-14-20(28-5)15-12-19/h11-12,14-15,18,21H,6-10,13,16-17H2,1-5H3,(H,25,27)/t21-/m1/s1. The number of nitrogens with one attached hydrogen (secondary N) is 1. The molecule has 30 heavy (non-hydrogen) atoms. The van der Waals surface area contributed by atoms with Crippen molar-refractivity contribution in [3.63, 3.8) is 0 Å². The zero-order chi connectivity index (χ0) is 22.1. The minimum Gasteiger partial charge on any atom is -0.497 e. The van der Waals surface area contributed by atoms with Crippen LogP contribution in [0.5, 0.6) is 5.75 Å². The van der Waals surface area contributed by atoms with Crippen molar-refractivity contribution in [2.24, 2.45) is 5.92 Å². The third-order valence-corrected chi connectivity index (χ3v) is 6.13.